The molecule has 0 radical (unpaired) electrons. The third-order valence-electron chi connectivity index (χ3n) is 6.89. The normalized spacial score (nSPS) is 17.9. The van der Waals surface area contributed by atoms with Gasteiger partial charge < -0.3 is 26.6 Å². The van der Waals surface area contributed by atoms with Crippen LogP contribution in [-0.4, -0.2) is 52.9 Å². The van der Waals surface area contributed by atoms with Crippen molar-refractivity contribution in [3.8, 4) is 17.0 Å². The van der Waals surface area contributed by atoms with Gasteiger partial charge >= 0.3 is 6.18 Å². The number of nitrogens with one attached hydrogen (secondary N) is 1. The summed E-state index contributed by atoms with van der Waals surface area (Å²) in [6.45, 7) is -3.54. The minimum Gasteiger partial charge on any atom is -0.489 e. The molecule has 0 spiro atoms. The average Bonchev–Trinajstić information content (AvgIpc) is 3.51. The Labute approximate surface area is 242 Å². The minimum absolute atomic E-state index is 0.0231. The lowest BCUT2D eigenvalue weighted by Gasteiger charge is -2.31. The predicted octanol–water partition coefficient (Wildman–Crippen LogP) is 4.00. The molecule has 4 aromatic rings. The van der Waals surface area contributed by atoms with E-state index in [9.17, 15) is 36.6 Å². The quantitative estimate of drug-likeness (QED) is 0.226. The summed E-state index contributed by atoms with van der Waals surface area (Å²) in [5.41, 5.74) is 3.40. The molecule has 0 aliphatic carbocycles. The van der Waals surface area contributed by atoms with Gasteiger partial charge in [-0.2, -0.15) is 13.2 Å². The Morgan fingerprint density at radius 3 is 2.48 bits per heavy atom. The molecule has 2 atom stereocenters. The van der Waals surface area contributed by atoms with Crippen LogP contribution in [0.5, 0.6) is 5.75 Å². The van der Waals surface area contributed by atoms with E-state index in [4.69, 9.17) is 27.8 Å². The number of nitrogen functional groups attached to an aromatic ring is 1. The van der Waals surface area contributed by atoms with Crippen LogP contribution in [0.25, 0.3) is 21.5 Å². The first-order chi connectivity index (χ1) is 19.7. The Hall–Kier alpha value is -4.08. The van der Waals surface area contributed by atoms with E-state index in [0.29, 0.717) is 16.3 Å². The molecule has 220 valence electrons. The zero-order chi connectivity index (χ0) is 30.6. The van der Waals surface area contributed by atoms with Crippen molar-refractivity contribution in [2.24, 2.45) is 5.73 Å². The van der Waals surface area contributed by atoms with Gasteiger partial charge in [-0.15, -0.1) is 0 Å². The van der Waals surface area contributed by atoms with Crippen molar-refractivity contribution in [2.75, 3.05) is 25.6 Å². The number of hydrogen-bond acceptors (Lipinski definition) is 8. The van der Waals surface area contributed by atoms with Gasteiger partial charge in [-0.1, -0.05) is 22.9 Å². The van der Waals surface area contributed by atoms with Crippen molar-refractivity contribution in [2.45, 2.75) is 17.2 Å². The second-order valence-electron chi connectivity index (χ2n) is 9.51. The number of halogens is 6. The molecule has 6 N–H and O–H groups in total. The molecule has 2 amide bonds. The summed E-state index contributed by atoms with van der Waals surface area (Å²) >= 11 is 7.15. The number of nitrogens with zero attached hydrogens (tertiary/aromatic N) is 2. The fourth-order valence-electron chi connectivity index (χ4n) is 4.49. The monoisotopic (exact) mass is 627 g/mol. The number of benzene rings is 2. The number of carbonyl (C=O) groups is 2. The summed E-state index contributed by atoms with van der Waals surface area (Å²) in [4.78, 5) is 33.2. The summed E-state index contributed by atoms with van der Waals surface area (Å²) in [7, 11) is 0. The number of primary amides is 1. The number of amides is 2. The number of pyridine rings is 1. The molecule has 3 heterocycles. The highest BCUT2D eigenvalue weighted by Gasteiger charge is 2.58. The average molecular weight is 628 g/mol. The van der Waals surface area contributed by atoms with Crippen LogP contribution in [0.2, 0.25) is 5.02 Å². The second kappa shape index (κ2) is 10.3. The van der Waals surface area contributed by atoms with Gasteiger partial charge in [0, 0.05) is 16.7 Å². The van der Waals surface area contributed by atoms with Crippen LogP contribution in [0.15, 0.2) is 42.5 Å². The number of thiazole rings is 1. The fourth-order valence-corrected chi connectivity index (χ4v) is 5.60. The number of hydrogen-bond donors (Lipinski definition) is 4. The molecule has 1 aliphatic heterocycles. The third kappa shape index (κ3) is 4.76. The van der Waals surface area contributed by atoms with Gasteiger partial charge in [0.25, 0.3) is 5.91 Å². The van der Waals surface area contributed by atoms with Crippen molar-refractivity contribution in [3.05, 3.63) is 70.1 Å². The molecule has 16 heteroatoms. The van der Waals surface area contributed by atoms with Gasteiger partial charge in [0.2, 0.25) is 11.5 Å². The van der Waals surface area contributed by atoms with Gasteiger partial charge in [-0.3, -0.25) is 9.59 Å². The zero-order valence-corrected chi connectivity index (χ0v) is 22.6. The Morgan fingerprint density at radius 1 is 1.17 bits per heavy atom. The summed E-state index contributed by atoms with van der Waals surface area (Å²) in [5.74, 6) is -3.20. The van der Waals surface area contributed by atoms with E-state index in [1.54, 1.807) is 0 Å². The molecule has 2 aromatic heterocycles. The Morgan fingerprint density at radius 2 is 1.86 bits per heavy atom. The molecule has 9 nitrogen and oxygen atoms in total. The number of nitrogens with two attached hydrogens (primary N) is 2. The lowest BCUT2D eigenvalue weighted by Crippen LogP contribution is -2.52. The number of ether oxygens (including phenoxy) is 1. The van der Waals surface area contributed by atoms with Crippen molar-refractivity contribution in [1.29, 1.82) is 0 Å². The van der Waals surface area contributed by atoms with E-state index in [1.807, 2.05) is 5.32 Å². The highest BCUT2D eigenvalue weighted by molar-refractivity contribution is 7.22. The number of anilines is 1. The molecule has 0 fully saturated rings. The van der Waals surface area contributed by atoms with Crippen molar-refractivity contribution >= 4 is 50.1 Å². The first-order valence-electron chi connectivity index (χ1n) is 11.9. The number of fused-ring (bicyclic) bond motifs is 2. The van der Waals surface area contributed by atoms with E-state index >= 15 is 0 Å². The Kier molecular flexibility index (Phi) is 7.23. The highest BCUT2D eigenvalue weighted by atomic mass is 35.5. The standard InChI is InChI=1S/C26H19ClF5N5O4S/c27-15-5-12(6-16-19(15)37-23(34)42-16)21(38)35-9-25(40,26(30,31)32)17-7-14-20(41-10-24(14,8-28)22(33)39)18(36-17)11-1-3-13(29)4-2-11/h1-7,40H,8-10H2,(H2,33,39)(H2,34,37)(H,35,38)/t24-,25?/m0/s1. The molecule has 5 rings (SSSR count). The van der Waals surface area contributed by atoms with Gasteiger partial charge in [-0.25, -0.2) is 18.7 Å². The molecule has 42 heavy (non-hydrogen) atoms. The van der Waals surface area contributed by atoms with Crippen molar-refractivity contribution < 1.29 is 41.4 Å². The van der Waals surface area contributed by atoms with E-state index in [-0.39, 0.29) is 32.7 Å². The third-order valence-corrected chi connectivity index (χ3v) is 8.01. The SMILES string of the molecule is NC(=O)[C@@]1(CF)COc2c1cc(C(O)(CNC(=O)c1cc(Cl)c3nc(N)sc3c1)C(F)(F)F)nc2-c1ccc(F)cc1. The van der Waals surface area contributed by atoms with E-state index < -0.39 is 65.9 Å². The summed E-state index contributed by atoms with van der Waals surface area (Å²) in [6, 6.07) is 7.49. The van der Waals surface area contributed by atoms with E-state index in [0.717, 1.165) is 23.5 Å². The van der Waals surface area contributed by atoms with Crippen LogP contribution >= 0.6 is 22.9 Å². The van der Waals surface area contributed by atoms with Gasteiger partial charge in [0.1, 0.15) is 41.5 Å². The van der Waals surface area contributed by atoms with Crippen molar-refractivity contribution in [3.63, 3.8) is 0 Å². The number of aromatic nitrogens is 2. The van der Waals surface area contributed by atoms with Crippen molar-refractivity contribution in [1.82, 2.24) is 15.3 Å². The van der Waals surface area contributed by atoms with Crippen LogP contribution < -0.4 is 21.5 Å². The topological polar surface area (TPSA) is 153 Å². The number of rotatable bonds is 7. The largest absolute Gasteiger partial charge is 0.489 e. The van der Waals surface area contributed by atoms with Crippen LogP contribution in [-0.2, 0) is 15.8 Å². The van der Waals surface area contributed by atoms with Gasteiger partial charge in [-0.05, 0) is 42.5 Å². The first kappa shape index (κ1) is 29.4. The molecule has 0 saturated heterocycles. The van der Waals surface area contributed by atoms with Crippen LogP contribution in [0.1, 0.15) is 21.6 Å². The molecular weight excluding hydrogens is 609 g/mol. The number of carbonyl (C=O) groups excluding carboxylic acids is 2. The van der Waals surface area contributed by atoms with E-state index in [2.05, 4.69) is 9.97 Å². The molecule has 0 bridgehead atoms. The summed E-state index contributed by atoms with van der Waals surface area (Å²) in [6.07, 6.45) is -5.46. The summed E-state index contributed by atoms with van der Waals surface area (Å²) < 4.78 is 77.5. The molecule has 1 unspecified atom stereocenters. The predicted molar refractivity (Wildman–Crippen MR) is 143 cm³/mol. The van der Waals surface area contributed by atoms with Crippen LogP contribution in [0.4, 0.5) is 27.1 Å². The smallest absolute Gasteiger partial charge is 0.424 e. The molecule has 1 aliphatic rings. The number of alkyl halides is 4. The van der Waals surface area contributed by atoms with Gasteiger partial charge in [0.15, 0.2) is 5.13 Å². The molecule has 2 aromatic carbocycles. The number of aliphatic hydroxyl groups is 1. The molecule has 0 saturated carbocycles. The summed E-state index contributed by atoms with van der Waals surface area (Å²) in [5, 5.41) is 13.3. The Balaban J connectivity index is 1.61. The maximum absolute atomic E-state index is 14.6. The maximum Gasteiger partial charge on any atom is 0.424 e. The molecular formula is C26H19ClF5N5O4S. The van der Waals surface area contributed by atoms with Crippen LogP contribution in [0, 0.1) is 5.82 Å². The lowest BCUT2D eigenvalue weighted by molar-refractivity contribution is -0.265. The van der Waals surface area contributed by atoms with E-state index in [1.165, 1.54) is 24.3 Å². The lowest BCUT2D eigenvalue weighted by atomic mass is 9.81. The first-order valence-corrected chi connectivity index (χ1v) is 13.1. The fraction of sp³-hybridized carbons (Fsp3) is 0.231. The zero-order valence-electron chi connectivity index (χ0n) is 21.1. The van der Waals surface area contributed by atoms with Crippen LogP contribution in [0.3, 0.4) is 0 Å². The highest BCUT2D eigenvalue weighted by Crippen LogP contribution is 2.48. The minimum atomic E-state index is -5.46. The Bertz CT molecular complexity index is 1740. The maximum atomic E-state index is 14.6. The van der Waals surface area contributed by atoms with Gasteiger partial charge in [0.05, 0.1) is 22.0 Å². The second-order valence-corrected chi connectivity index (χ2v) is 11.0.